The summed E-state index contributed by atoms with van der Waals surface area (Å²) in [6.45, 7) is 0. The molecule has 0 heterocycles. The maximum Gasteiger partial charge on any atom is 2.00 e. The summed E-state index contributed by atoms with van der Waals surface area (Å²) in [5.41, 5.74) is 0. The van der Waals surface area contributed by atoms with E-state index in [1.165, 1.54) is 0 Å². The molecule has 0 N–H and O–H groups in total. The fourth-order valence-corrected chi connectivity index (χ4v) is 0. The van der Waals surface area contributed by atoms with Crippen LogP contribution in [0.1, 0.15) is 0 Å². The first-order valence-electron chi connectivity index (χ1n) is 0.667. The van der Waals surface area contributed by atoms with Gasteiger partial charge in [0.05, 0.1) is 0 Å². The van der Waals surface area contributed by atoms with Gasteiger partial charge in [-0.25, -0.2) is 0 Å². The third-order valence-corrected chi connectivity index (χ3v) is 0. The molecule has 0 aromatic heterocycles. The van der Waals surface area contributed by atoms with Crippen molar-refractivity contribution in [2.45, 2.75) is 0 Å². The summed E-state index contributed by atoms with van der Waals surface area (Å²) >= 11 is 0. The molecule has 0 atom stereocenters. The fourth-order valence-electron chi connectivity index (χ4n) is 0. The molecule has 7 heteroatoms. The molecule has 0 saturated heterocycles. The van der Waals surface area contributed by atoms with Crippen LogP contribution in [0, 0.1) is 0 Å². The van der Waals surface area contributed by atoms with E-state index in [0.717, 1.165) is 0 Å². The first-order chi connectivity index (χ1) is 2.00. The van der Waals surface area contributed by atoms with Crippen molar-refractivity contribution in [1.82, 2.24) is 0 Å². The third kappa shape index (κ3) is 317. The van der Waals surface area contributed by atoms with Gasteiger partial charge in [-0.05, 0) is 0 Å². The summed E-state index contributed by atoms with van der Waals surface area (Å²) in [6.07, 6.45) is 0. The van der Waals surface area contributed by atoms with E-state index >= 15 is 0 Å². The molecule has 0 fully saturated rings. The summed E-state index contributed by atoms with van der Waals surface area (Å²) < 4.78 is 34.1. The molecule has 0 saturated carbocycles. The van der Waals surface area contributed by atoms with Crippen LogP contribution in [0.3, 0.4) is 0 Å². The fraction of sp³-hybridized carbons (Fsp3) is 0. The third-order valence-electron chi connectivity index (χ3n) is 0. The van der Waals surface area contributed by atoms with E-state index in [9.17, 15) is 0 Å². The quantitative estimate of drug-likeness (QED) is 0.279. The first-order valence-corrected chi connectivity index (χ1v) is 2.00. The molecule has 1 radical (unpaired) electrons. The second-order valence-corrected chi connectivity index (χ2v) is 1.22. The molecule has 0 bridgehead atoms. The van der Waals surface area contributed by atoms with Crippen molar-refractivity contribution in [3.05, 3.63) is 0 Å². The van der Waals surface area contributed by atoms with Crippen LogP contribution < -0.4 is 0 Å². The zero-order valence-electron chi connectivity index (χ0n) is 2.83. The van der Waals surface area contributed by atoms with Gasteiger partial charge in [-0.1, -0.05) is 0 Å². The van der Waals surface area contributed by atoms with Gasteiger partial charge < -0.3 is 9.11 Å². The SMILES string of the molecule is Cl.O=S(=O)([O-])[O-].[Mn+2]. The van der Waals surface area contributed by atoms with Crippen LogP contribution in [-0.2, 0) is 27.5 Å². The molecule has 4 nitrogen and oxygen atoms in total. The number of hydrogen-bond acceptors (Lipinski definition) is 4. The van der Waals surface area contributed by atoms with E-state index < -0.39 is 10.4 Å². The molecular formula is HClMnO4S. The number of rotatable bonds is 0. The molecule has 0 spiro atoms. The molecule has 45 valence electrons. The van der Waals surface area contributed by atoms with Gasteiger partial charge in [-0.2, -0.15) is 0 Å². The Hall–Kier alpha value is 0.679. The van der Waals surface area contributed by atoms with Crippen molar-refractivity contribution in [1.29, 1.82) is 0 Å². The summed E-state index contributed by atoms with van der Waals surface area (Å²) in [7, 11) is -5.17. The maximum atomic E-state index is 8.52. The average molecular weight is 187 g/mol. The molecule has 7 heavy (non-hydrogen) atoms. The van der Waals surface area contributed by atoms with Gasteiger partial charge in [0.25, 0.3) is 0 Å². The Morgan fingerprint density at radius 3 is 1.14 bits per heavy atom. The van der Waals surface area contributed by atoms with Crippen LogP contribution in [0.5, 0.6) is 0 Å². The molecule has 0 unspecified atom stereocenters. The summed E-state index contributed by atoms with van der Waals surface area (Å²) in [5.74, 6) is 0. The number of hydrogen-bond donors (Lipinski definition) is 0. The van der Waals surface area contributed by atoms with E-state index in [2.05, 4.69) is 0 Å². The van der Waals surface area contributed by atoms with Crippen LogP contribution in [0.4, 0.5) is 0 Å². The van der Waals surface area contributed by atoms with Crippen molar-refractivity contribution in [2.24, 2.45) is 0 Å². The molecule has 0 rings (SSSR count). The summed E-state index contributed by atoms with van der Waals surface area (Å²) in [4.78, 5) is 0. The predicted octanol–water partition coefficient (Wildman–Crippen LogP) is -0.919. The van der Waals surface area contributed by atoms with Gasteiger partial charge in [-0.3, -0.25) is 8.42 Å². The van der Waals surface area contributed by atoms with Crippen molar-refractivity contribution >= 4 is 22.8 Å². The van der Waals surface area contributed by atoms with Crippen molar-refractivity contribution in [3.63, 3.8) is 0 Å². The molecule has 0 aliphatic carbocycles. The van der Waals surface area contributed by atoms with Gasteiger partial charge in [0.15, 0.2) is 0 Å². The number of halogens is 1. The Labute approximate surface area is 57.8 Å². The zero-order valence-corrected chi connectivity index (χ0v) is 5.64. The van der Waals surface area contributed by atoms with Gasteiger partial charge in [-0.15, -0.1) is 12.4 Å². The van der Waals surface area contributed by atoms with Crippen LogP contribution in [-0.4, -0.2) is 17.5 Å². The van der Waals surface area contributed by atoms with Crippen molar-refractivity contribution in [2.75, 3.05) is 0 Å². The minimum Gasteiger partial charge on any atom is -0.759 e. The van der Waals surface area contributed by atoms with E-state index in [1.54, 1.807) is 0 Å². The van der Waals surface area contributed by atoms with Crippen molar-refractivity contribution < 1.29 is 34.6 Å². The molecule has 0 amide bonds. The minimum atomic E-state index is -5.17. The van der Waals surface area contributed by atoms with Crippen LogP contribution >= 0.6 is 12.4 Å². The molecule has 0 aliphatic rings. The van der Waals surface area contributed by atoms with Gasteiger partial charge in [0.1, 0.15) is 0 Å². The Kier molecular flexibility index (Phi) is 10.8. The van der Waals surface area contributed by atoms with Crippen LogP contribution in [0.15, 0.2) is 0 Å². The summed E-state index contributed by atoms with van der Waals surface area (Å²) in [6, 6.07) is 0. The van der Waals surface area contributed by atoms with Gasteiger partial charge >= 0.3 is 17.1 Å². The van der Waals surface area contributed by atoms with Gasteiger partial charge in [0.2, 0.25) is 0 Å². The zero-order chi connectivity index (χ0) is 4.50. The summed E-state index contributed by atoms with van der Waals surface area (Å²) in [5, 5.41) is 0. The predicted molar refractivity (Wildman–Crippen MR) is 17.7 cm³/mol. The van der Waals surface area contributed by atoms with E-state index in [0.29, 0.717) is 0 Å². The topological polar surface area (TPSA) is 80.3 Å². The second-order valence-electron chi connectivity index (χ2n) is 0.408. The second kappa shape index (κ2) is 4.83. The van der Waals surface area contributed by atoms with Crippen LogP contribution in [0.25, 0.3) is 0 Å². The monoisotopic (exact) mass is 187 g/mol. The smallest absolute Gasteiger partial charge is 0.759 e. The van der Waals surface area contributed by atoms with Crippen molar-refractivity contribution in [3.8, 4) is 0 Å². The first kappa shape index (κ1) is 15.6. The maximum absolute atomic E-state index is 8.52. The Morgan fingerprint density at radius 2 is 1.14 bits per heavy atom. The molecular weight excluding hydrogens is 186 g/mol. The Bertz CT molecular complexity index is 94.9. The molecule has 0 aromatic rings. The largest absolute Gasteiger partial charge is 2.00 e. The normalized spacial score (nSPS) is 8.29. The molecule has 0 aromatic carbocycles. The van der Waals surface area contributed by atoms with E-state index in [-0.39, 0.29) is 29.5 Å². The van der Waals surface area contributed by atoms with E-state index in [1.807, 2.05) is 0 Å². The average Bonchev–Trinajstić information content (AvgIpc) is 0.722. The van der Waals surface area contributed by atoms with Crippen LogP contribution in [0.2, 0.25) is 0 Å². The Morgan fingerprint density at radius 1 is 1.14 bits per heavy atom. The Balaban J connectivity index is -0.0000000800. The standard InChI is InChI=1S/ClH.Mn.H2O4S/c;;1-5(2,3)4/h1H;;(H2,1,2,3,4)/q;+2;/p-2. The van der Waals surface area contributed by atoms with E-state index in [4.69, 9.17) is 17.5 Å². The minimum absolute atomic E-state index is 0. The van der Waals surface area contributed by atoms with Gasteiger partial charge in [0, 0.05) is 10.4 Å². The molecule has 0 aliphatic heterocycles.